The van der Waals surface area contributed by atoms with Crippen molar-refractivity contribution in [3.63, 3.8) is 0 Å². The standard InChI is InChI=1S/C14H21N3OS.ClH/c15-14(6-2-1-3-7-14)11-17-13(18)10-19-12-4-8-16-9-5-12;/h4-5,8-9H,1-3,6-7,10-11,15H2,(H,17,18);1H. The fraction of sp³-hybridized carbons (Fsp3) is 0.571. The van der Waals surface area contributed by atoms with Crippen molar-refractivity contribution in [2.45, 2.75) is 42.5 Å². The number of thioether (sulfide) groups is 1. The number of amides is 1. The normalized spacial score (nSPS) is 17.1. The van der Waals surface area contributed by atoms with Gasteiger partial charge < -0.3 is 11.1 Å². The van der Waals surface area contributed by atoms with Crippen LogP contribution in [0.3, 0.4) is 0 Å². The second-order valence-corrected chi connectivity index (χ2v) is 6.22. The van der Waals surface area contributed by atoms with Crippen molar-refractivity contribution in [1.82, 2.24) is 10.3 Å². The van der Waals surface area contributed by atoms with Crippen LogP contribution in [0.15, 0.2) is 29.4 Å². The molecular formula is C14H22ClN3OS. The van der Waals surface area contributed by atoms with Crippen LogP contribution in [0.2, 0.25) is 0 Å². The fourth-order valence-corrected chi connectivity index (χ4v) is 3.06. The molecule has 0 radical (unpaired) electrons. The molecule has 1 fully saturated rings. The van der Waals surface area contributed by atoms with Crippen molar-refractivity contribution in [2.75, 3.05) is 12.3 Å². The van der Waals surface area contributed by atoms with E-state index in [1.807, 2.05) is 12.1 Å². The second-order valence-electron chi connectivity index (χ2n) is 5.17. The highest BCUT2D eigenvalue weighted by atomic mass is 35.5. The lowest BCUT2D eigenvalue weighted by molar-refractivity contribution is -0.118. The van der Waals surface area contributed by atoms with Crippen molar-refractivity contribution < 1.29 is 4.79 Å². The van der Waals surface area contributed by atoms with Gasteiger partial charge in [-0.3, -0.25) is 9.78 Å². The first kappa shape index (κ1) is 17.3. The number of nitrogens with two attached hydrogens (primary N) is 1. The second kappa shape index (κ2) is 8.49. The predicted octanol–water partition coefficient (Wildman–Crippen LogP) is 2.37. The molecule has 1 aromatic rings. The van der Waals surface area contributed by atoms with E-state index >= 15 is 0 Å². The van der Waals surface area contributed by atoms with Crippen LogP contribution in [0.25, 0.3) is 0 Å². The highest BCUT2D eigenvalue weighted by Gasteiger charge is 2.27. The predicted molar refractivity (Wildman–Crippen MR) is 85.2 cm³/mol. The summed E-state index contributed by atoms with van der Waals surface area (Å²) in [5.41, 5.74) is 6.10. The SMILES string of the molecule is Cl.NC1(CNC(=O)CSc2ccncc2)CCCCC1. The van der Waals surface area contributed by atoms with Gasteiger partial charge in [-0.25, -0.2) is 0 Å². The first-order valence-electron chi connectivity index (χ1n) is 6.76. The lowest BCUT2D eigenvalue weighted by atomic mass is 9.82. The monoisotopic (exact) mass is 315 g/mol. The van der Waals surface area contributed by atoms with Gasteiger partial charge in [0, 0.05) is 29.4 Å². The van der Waals surface area contributed by atoms with Crippen LogP contribution in [0.4, 0.5) is 0 Å². The Labute approximate surface area is 130 Å². The van der Waals surface area contributed by atoms with E-state index in [0.29, 0.717) is 12.3 Å². The van der Waals surface area contributed by atoms with E-state index in [-0.39, 0.29) is 23.9 Å². The first-order valence-corrected chi connectivity index (χ1v) is 7.75. The number of carbonyl (C=O) groups is 1. The minimum absolute atomic E-state index is 0. The molecule has 4 nitrogen and oxygen atoms in total. The molecule has 2 rings (SSSR count). The fourth-order valence-electron chi connectivity index (χ4n) is 2.34. The largest absolute Gasteiger partial charge is 0.354 e. The molecule has 1 aliphatic carbocycles. The molecule has 0 bridgehead atoms. The molecule has 0 aromatic carbocycles. The molecule has 112 valence electrons. The summed E-state index contributed by atoms with van der Waals surface area (Å²) in [6.45, 7) is 0.600. The Bertz CT molecular complexity index is 410. The number of nitrogens with one attached hydrogen (secondary N) is 1. The zero-order chi connectivity index (χ0) is 13.6. The summed E-state index contributed by atoms with van der Waals surface area (Å²) in [4.78, 5) is 16.8. The molecule has 6 heteroatoms. The van der Waals surface area contributed by atoms with E-state index in [1.165, 1.54) is 31.0 Å². The maximum atomic E-state index is 11.8. The molecule has 1 aromatic heterocycles. The quantitative estimate of drug-likeness (QED) is 0.819. The van der Waals surface area contributed by atoms with Crippen LogP contribution in [0.5, 0.6) is 0 Å². The molecule has 1 heterocycles. The molecule has 1 saturated carbocycles. The number of rotatable bonds is 5. The molecule has 1 aliphatic rings. The summed E-state index contributed by atoms with van der Waals surface area (Å²) in [6, 6.07) is 3.81. The Morgan fingerprint density at radius 1 is 1.30 bits per heavy atom. The molecule has 1 amide bonds. The lowest BCUT2D eigenvalue weighted by Crippen LogP contribution is -2.51. The van der Waals surface area contributed by atoms with Gasteiger partial charge in [0.05, 0.1) is 5.75 Å². The van der Waals surface area contributed by atoms with Crippen LogP contribution in [0, 0.1) is 0 Å². The summed E-state index contributed by atoms with van der Waals surface area (Å²) in [5.74, 6) is 0.484. The highest BCUT2D eigenvalue weighted by Crippen LogP contribution is 2.25. The summed E-state index contributed by atoms with van der Waals surface area (Å²) < 4.78 is 0. The summed E-state index contributed by atoms with van der Waals surface area (Å²) in [7, 11) is 0. The molecular weight excluding hydrogens is 294 g/mol. The summed E-state index contributed by atoms with van der Waals surface area (Å²) in [5, 5.41) is 2.96. The molecule has 0 spiro atoms. The van der Waals surface area contributed by atoms with E-state index in [0.717, 1.165) is 17.7 Å². The maximum absolute atomic E-state index is 11.8. The Hall–Kier alpha value is -0.780. The topological polar surface area (TPSA) is 68.0 Å². The van der Waals surface area contributed by atoms with E-state index in [1.54, 1.807) is 12.4 Å². The minimum Gasteiger partial charge on any atom is -0.354 e. The summed E-state index contributed by atoms with van der Waals surface area (Å²) in [6.07, 6.45) is 9.13. The number of hydrogen-bond donors (Lipinski definition) is 2. The molecule has 20 heavy (non-hydrogen) atoms. The third kappa shape index (κ3) is 5.69. The number of pyridine rings is 1. The van der Waals surface area contributed by atoms with Crippen molar-refractivity contribution in [3.05, 3.63) is 24.5 Å². The van der Waals surface area contributed by atoms with Crippen LogP contribution in [-0.2, 0) is 4.79 Å². The zero-order valence-electron chi connectivity index (χ0n) is 11.5. The third-order valence-electron chi connectivity index (χ3n) is 3.51. The molecule has 3 N–H and O–H groups in total. The Balaban J connectivity index is 0.00000200. The smallest absolute Gasteiger partial charge is 0.230 e. The van der Waals surface area contributed by atoms with Crippen molar-refractivity contribution in [2.24, 2.45) is 5.73 Å². The number of nitrogens with zero attached hydrogens (tertiary/aromatic N) is 1. The van der Waals surface area contributed by atoms with Crippen molar-refractivity contribution in [3.8, 4) is 0 Å². The van der Waals surface area contributed by atoms with Gasteiger partial charge in [-0.2, -0.15) is 0 Å². The van der Waals surface area contributed by atoms with Gasteiger partial charge in [-0.05, 0) is 25.0 Å². The highest BCUT2D eigenvalue weighted by molar-refractivity contribution is 8.00. The number of hydrogen-bond acceptors (Lipinski definition) is 4. The van der Waals surface area contributed by atoms with Crippen LogP contribution in [0.1, 0.15) is 32.1 Å². The van der Waals surface area contributed by atoms with Gasteiger partial charge in [0.2, 0.25) is 5.91 Å². The maximum Gasteiger partial charge on any atom is 0.230 e. The average molecular weight is 316 g/mol. The lowest BCUT2D eigenvalue weighted by Gasteiger charge is -2.33. The van der Waals surface area contributed by atoms with Gasteiger partial charge in [0.25, 0.3) is 0 Å². The van der Waals surface area contributed by atoms with Gasteiger partial charge in [-0.15, -0.1) is 24.2 Å². The number of halogens is 1. The Morgan fingerprint density at radius 2 is 1.95 bits per heavy atom. The number of aromatic nitrogens is 1. The number of carbonyl (C=O) groups excluding carboxylic acids is 1. The van der Waals surface area contributed by atoms with Crippen molar-refractivity contribution in [1.29, 1.82) is 0 Å². The minimum atomic E-state index is -0.185. The van der Waals surface area contributed by atoms with Gasteiger partial charge in [0.15, 0.2) is 0 Å². The average Bonchev–Trinajstić information content (AvgIpc) is 2.45. The van der Waals surface area contributed by atoms with Crippen LogP contribution < -0.4 is 11.1 Å². The van der Waals surface area contributed by atoms with E-state index in [4.69, 9.17) is 5.73 Å². The first-order chi connectivity index (χ1) is 9.18. The van der Waals surface area contributed by atoms with E-state index in [9.17, 15) is 4.79 Å². The third-order valence-corrected chi connectivity index (χ3v) is 4.52. The Morgan fingerprint density at radius 3 is 2.60 bits per heavy atom. The van der Waals surface area contributed by atoms with Crippen LogP contribution >= 0.6 is 24.2 Å². The molecule has 0 aliphatic heterocycles. The van der Waals surface area contributed by atoms with Gasteiger partial charge in [-0.1, -0.05) is 19.3 Å². The molecule has 0 saturated heterocycles. The van der Waals surface area contributed by atoms with E-state index < -0.39 is 0 Å². The summed E-state index contributed by atoms with van der Waals surface area (Å²) >= 11 is 1.52. The van der Waals surface area contributed by atoms with E-state index in [2.05, 4.69) is 10.3 Å². The van der Waals surface area contributed by atoms with Crippen LogP contribution in [-0.4, -0.2) is 28.7 Å². The van der Waals surface area contributed by atoms with Gasteiger partial charge in [0.1, 0.15) is 0 Å². The molecule has 0 unspecified atom stereocenters. The van der Waals surface area contributed by atoms with Gasteiger partial charge >= 0.3 is 0 Å². The van der Waals surface area contributed by atoms with Crippen molar-refractivity contribution >= 4 is 30.1 Å². The zero-order valence-corrected chi connectivity index (χ0v) is 13.1. The Kier molecular flexibility index (Phi) is 7.34. The molecule has 0 atom stereocenters.